The van der Waals surface area contributed by atoms with Crippen LogP contribution in [0.4, 0.5) is 0 Å². The molecule has 0 aliphatic carbocycles. The highest BCUT2D eigenvalue weighted by Gasteiger charge is 2.03. The van der Waals surface area contributed by atoms with Gasteiger partial charge in [0.25, 0.3) is 0 Å². The first-order valence-corrected chi connectivity index (χ1v) is 5.45. The lowest BCUT2D eigenvalue weighted by Crippen LogP contribution is -1.93. The fourth-order valence-corrected chi connectivity index (χ4v) is 1.67. The predicted octanol–water partition coefficient (Wildman–Crippen LogP) is 3.79. The molecule has 2 nitrogen and oxygen atoms in total. The maximum Gasteiger partial charge on any atom is 0.128 e. The van der Waals surface area contributed by atoms with Gasteiger partial charge in [0.15, 0.2) is 0 Å². The number of rotatable bonds is 3. The number of alkyl halides is 1. The fourth-order valence-electron chi connectivity index (χ4n) is 1.52. The Labute approximate surface area is 106 Å². The first kappa shape index (κ1) is 13.1. The maximum atomic E-state index is 5.78. The molecule has 2 aromatic rings. The van der Waals surface area contributed by atoms with Gasteiger partial charge in [-0.25, -0.2) is 0 Å². The third-order valence-corrected chi connectivity index (χ3v) is 2.51. The van der Waals surface area contributed by atoms with E-state index in [1.54, 1.807) is 6.20 Å². The minimum Gasteiger partial charge on any atom is -0.493 e. The van der Waals surface area contributed by atoms with Crippen molar-refractivity contribution in [2.24, 2.45) is 0 Å². The molecule has 0 saturated heterocycles. The number of hydrogen-bond acceptors (Lipinski definition) is 2. The van der Waals surface area contributed by atoms with Crippen molar-refractivity contribution in [2.45, 2.75) is 12.8 Å². The van der Waals surface area contributed by atoms with E-state index < -0.39 is 0 Å². The average molecular weight is 258 g/mol. The Bertz CT molecular complexity index is 474. The van der Waals surface area contributed by atoms with Gasteiger partial charge in [0.1, 0.15) is 5.75 Å². The molecule has 0 spiro atoms. The lowest BCUT2D eigenvalue weighted by Gasteiger charge is -2.07. The van der Waals surface area contributed by atoms with Gasteiger partial charge in [0.05, 0.1) is 12.1 Å². The highest BCUT2D eigenvalue weighted by molar-refractivity contribution is 6.17. The Kier molecular flexibility index (Phi) is 4.84. The van der Waals surface area contributed by atoms with E-state index in [4.69, 9.17) is 16.3 Å². The maximum absolute atomic E-state index is 5.78. The topological polar surface area (TPSA) is 22.1 Å². The zero-order chi connectivity index (χ0) is 10.7. The monoisotopic (exact) mass is 257 g/mol. The summed E-state index contributed by atoms with van der Waals surface area (Å²) >= 11 is 5.78. The van der Waals surface area contributed by atoms with Gasteiger partial charge in [-0.2, -0.15) is 0 Å². The van der Waals surface area contributed by atoms with Gasteiger partial charge < -0.3 is 4.74 Å². The summed E-state index contributed by atoms with van der Waals surface area (Å²) in [6.45, 7) is 2.63. The predicted molar refractivity (Wildman–Crippen MR) is 69.7 cm³/mol. The third-order valence-electron chi connectivity index (χ3n) is 2.20. The standard InChI is InChI=1S/C12H12ClNO.ClH/c1-2-15-12-5-3-4-11-10(12)6-9(7-13)8-14-11;/h3-6,8H,2,7H2,1H3;1H. The molecule has 0 N–H and O–H groups in total. The van der Waals surface area contributed by atoms with E-state index in [0.29, 0.717) is 12.5 Å². The Morgan fingerprint density at radius 3 is 2.88 bits per heavy atom. The quantitative estimate of drug-likeness (QED) is 0.781. The molecule has 1 aromatic heterocycles. The van der Waals surface area contributed by atoms with Crippen LogP contribution in [0.5, 0.6) is 5.75 Å². The lowest BCUT2D eigenvalue weighted by molar-refractivity contribution is 0.344. The molecule has 86 valence electrons. The number of nitrogens with zero attached hydrogens (tertiary/aromatic N) is 1. The first-order chi connectivity index (χ1) is 7.35. The van der Waals surface area contributed by atoms with Crippen LogP contribution in [-0.4, -0.2) is 11.6 Å². The highest BCUT2D eigenvalue weighted by Crippen LogP contribution is 2.25. The smallest absolute Gasteiger partial charge is 0.128 e. The molecule has 2 rings (SSSR count). The SMILES string of the molecule is CCOc1cccc2ncc(CCl)cc12.Cl. The summed E-state index contributed by atoms with van der Waals surface area (Å²) < 4.78 is 5.54. The molecule has 0 aliphatic rings. The van der Waals surface area contributed by atoms with E-state index in [0.717, 1.165) is 22.2 Å². The minimum atomic E-state index is 0. The molecular weight excluding hydrogens is 245 g/mol. The van der Waals surface area contributed by atoms with Crippen LogP contribution in [0.3, 0.4) is 0 Å². The van der Waals surface area contributed by atoms with Crippen LogP contribution in [0.2, 0.25) is 0 Å². The van der Waals surface area contributed by atoms with Crippen molar-refractivity contribution < 1.29 is 4.74 Å². The summed E-state index contributed by atoms with van der Waals surface area (Å²) in [6.07, 6.45) is 1.80. The van der Waals surface area contributed by atoms with Crippen LogP contribution in [0.15, 0.2) is 30.5 Å². The number of pyridine rings is 1. The van der Waals surface area contributed by atoms with Crippen LogP contribution < -0.4 is 4.74 Å². The van der Waals surface area contributed by atoms with Gasteiger partial charge in [-0.3, -0.25) is 4.98 Å². The van der Waals surface area contributed by atoms with Crippen molar-refractivity contribution in [3.05, 3.63) is 36.0 Å². The van der Waals surface area contributed by atoms with Crippen LogP contribution in [0.25, 0.3) is 10.9 Å². The summed E-state index contributed by atoms with van der Waals surface area (Å²) in [6, 6.07) is 7.89. The molecular formula is C12H13Cl2NO. The number of halogens is 2. The molecule has 4 heteroatoms. The van der Waals surface area contributed by atoms with E-state index in [1.165, 1.54) is 0 Å². The van der Waals surface area contributed by atoms with Crippen molar-refractivity contribution in [3.63, 3.8) is 0 Å². The second kappa shape index (κ2) is 5.92. The number of fused-ring (bicyclic) bond motifs is 1. The molecule has 0 atom stereocenters. The Morgan fingerprint density at radius 1 is 1.38 bits per heavy atom. The summed E-state index contributed by atoms with van der Waals surface area (Å²) in [5, 5.41) is 1.03. The van der Waals surface area contributed by atoms with E-state index in [2.05, 4.69) is 4.98 Å². The second-order valence-electron chi connectivity index (χ2n) is 3.23. The number of ether oxygens (including phenoxy) is 1. The van der Waals surface area contributed by atoms with Crippen molar-refractivity contribution in [2.75, 3.05) is 6.61 Å². The normalized spacial score (nSPS) is 9.88. The van der Waals surface area contributed by atoms with E-state index in [-0.39, 0.29) is 12.4 Å². The van der Waals surface area contributed by atoms with Crippen molar-refractivity contribution in [3.8, 4) is 5.75 Å². The Balaban J connectivity index is 0.00000128. The number of benzene rings is 1. The van der Waals surface area contributed by atoms with Gasteiger partial charge in [-0.1, -0.05) is 6.07 Å². The zero-order valence-corrected chi connectivity index (χ0v) is 10.5. The Hall–Kier alpha value is -0.990. The van der Waals surface area contributed by atoms with Gasteiger partial charge >= 0.3 is 0 Å². The summed E-state index contributed by atoms with van der Waals surface area (Å²) in [7, 11) is 0. The molecule has 0 amide bonds. The fraction of sp³-hybridized carbons (Fsp3) is 0.250. The van der Waals surface area contributed by atoms with Crippen molar-refractivity contribution in [1.29, 1.82) is 0 Å². The van der Waals surface area contributed by atoms with Crippen LogP contribution in [-0.2, 0) is 5.88 Å². The van der Waals surface area contributed by atoms with Crippen molar-refractivity contribution >= 4 is 34.9 Å². The van der Waals surface area contributed by atoms with Crippen LogP contribution in [0.1, 0.15) is 12.5 Å². The van der Waals surface area contributed by atoms with Gasteiger partial charge in [-0.05, 0) is 30.7 Å². The molecule has 0 fully saturated rings. The summed E-state index contributed by atoms with van der Waals surface area (Å²) in [5.41, 5.74) is 1.95. The molecule has 0 aliphatic heterocycles. The third kappa shape index (κ3) is 2.57. The molecule has 0 unspecified atom stereocenters. The van der Waals surface area contributed by atoms with Gasteiger partial charge in [-0.15, -0.1) is 24.0 Å². The summed E-state index contributed by atoms with van der Waals surface area (Å²) in [5.74, 6) is 1.35. The summed E-state index contributed by atoms with van der Waals surface area (Å²) in [4.78, 5) is 4.33. The second-order valence-corrected chi connectivity index (χ2v) is 3.50. The lowest BCUT2D eigenvalue weighted by atomic mass is 10.1. The van der Waals surface area contributed by atoms with E-state index >= 15 is 0 Å². The molecule has 0 bridgehead atoms. The molecule has 1 aromatic carbocycles. The van der Waals surface area contributed by atoms with E-state index in [9.17, 15) is 0 Å². The number of hydrogen-bond donors (Lipinski definition) is 0. The van der Waals surface area contributed by atoms with Crippen LogP contribution in [0, 0.1) is 0 Å². The highest BCUT2D eigenvalue weighted by atomic mass is 35.5. The minimum absolute atomic E-state index is 0. The largest absolute Gasteiger partial charge is 0.493 e. The average Bonchev–Trinajstić information content (AvgIpc) is 2.29. The van der Waals surface area contributed by atoms with Gasteiger partial charge in [0.2, 0.25) is 0 Å². The molecule has 0 saturated carbocycles. The van der Waals surface area contributed by atoms with Gasteiger partial charge in [0, 0.05) is 17.5 Å². The molecule has 1 heterocycles. The van der Waals surface area contributed by atoms with E-state index in [1.807, 2.05) is 31.2 Å². The molecule has 0 radical (unpaired) electrons. The number of aromatic nitrogens is 1. The zero-order valence-electron chi connectivity index (χ0n) is 8.94. The first-order valence-electron chi connectivity index (χ1n) is 4.91. The Morgan fingerprint density at radius 2 is 2.19 bits per heavy atom. The van der Waals surface area contributed by atoms with Crippen LogP contribution >= 0.6 is 24.0 Å². The molecule has 16 heavy (non-hydrogen) atoms. The van der Waals surface area contributed by atoms with Crippen molar-refractivity contribution in [1.82, 2.24) is 4.98 Å².